The summed E-state index contributed by atoms with van der Waals surface area (Å²) in [5, 5.41) is 0. The van der Waals surface area contributed by atoms with Gasteiger partial charge in [-0.05, 0) is 56.5 Å². The summed E-state index contributed by atoms with van der Waals surface area (Å²) in [7, 11) is 1.68. The van der Waals surface area contributed by atoms with Crippen molar-refractivity contribution in [3.8, 4) is 5.75 Å². The second kappa shape index (κ2) is 6.89. The smallest absolute Gasteiger partial charge is 0.118 e. The van der Waals surface area contributed by atoms with E-state index in [2.05, 4.69) is 37.6 Å². The predicted octanol–water partition coefficient (Wildman–Crippen LogP) is 3.86. The lowest BCUT2D eigenvalue weighted by Gasteiger charge is -2.09. The van der Waals surface area contributed by atoms with E-state index in [1.807, 2.05) is 18.2 Å². The number of rotatable bonds is 6. The van der Waals surface area contributed by atoms with Crippen molar-refractivity contribution < 1.29 is 4.74 Å². The van der Waals surface area contributed by atoms with Gasteiger partial charge >= 0.3 is 0 Å². The monoisotopic (exact) mass is 231 g/mol. The fraction of sp³-hybridized carbons (Fsp3) is 0.400. The molecule has 0 bridgehead atoms. The van der Waals surface area contributed by atoms with Gasteiger partial charge in [-0.3, -0.25) is 4.99 Å². The highest BCUT2D eigenvalue weighted by molar-refractivity contribution is 6.00. The van der Waals surface area contributed by atoms with Crippen LogP contribution in [0.5, 0.6) is 5.75 Å². The first-order valence-corrected chi connectivity index (χ1v) is 5.99. The quantitative estimate of drug-likeness (QED) is 0.538. The van der Waals surface area contributed by atoms with E-state index in [1.165, 1.54) is 5.56 Å². The van der Waals surface area contributed by atoms with Crippen LogP contribution in [0.3, 0.4) is 0 Å². The maximum absolute atomic E-state index is 5.16. The van der Waals surface area contributed by atoms with Crippen LogP contribution in [-0.2, 0) is 0 Å². The lowest BCUT2D eigenvalue weighted by molar-refractivity contribution is 0.415. The molecule has 0 saturated heterocycles. The van der Waals surface area contributed by atoms with Crippen molar-refractivity contribution in [2.75, 3.05) is 7.11 Å². The molecule has 0 spiro atoms. The number of methoxy groups -OCH3 is 1. The molecule has 0 atom stereocenters. The summed E-state index contributed by atoms with van der Waals surface area (Å²) in [6, 6.07) is 8.38. The Labute approximate surface area is 104 Å². The van der Waals surface area contributed by atoms with Crippen molar-refractivity contribution in [3.63, 3.8) is 0 Å². The molecular weight excluding hydrogens is 210 g/mol. The van der Waals surface area contributed by atoms with Crippen LogP contribution in [0.4, 0.5) is 0 Å². The van der Waals surface area contributed by atoms with Crippen LogP contribution in [-0.4, -0.2) is 18.9 Å². The molecule has 0 saturated carbocycles. The molecule has 0 aliphatic heterocycles. The Morgan fingerprint density at radius 2 is 2.00 bits per heavy atom. The largest absolute Gasteiger partial charge is 0.497 e. The van der Waals surface area contributed by atoms with Gasteiger partial charge in [-0.1, -0.05) is 6.08 Å². The molecule has 0 fully saturated rings. The van der Waals surface area contributed by atoms with Gasteiger partial charge in [-0.2, -0.15) is 0 Å². The highest BCUT2D eigenvalue weighted by atomic mass is 16.5. The fourth-order valence-electron chi connectivity index (χ4n) is 1.62. The van der Waals surface area contributed by atoms with Crippen molar-refractivity contribution in [2.45, 2.75) is 32.7 Å². The molecule has 1 aromatic carbocycles. The zero-order valence-electron chi connectivity index (χ0n) is 10.9. The minimum Gasteiger partial charge on any atom is -0.497 e. The lowest BCUT2D eigenvalue weighted by Crippen LogP contribution is -2.05. The predicted molar refractivity (Wildman–Crippen MR) is 74.1 cm³/mol. The minimum atomic E-state index is 0.317. The van der Waals surface area contributed by atoms with E-state index in [9.17, 15) is 0 Å². The summed E-state index contributed by atoms with van der Waals surface area (Å²) < 4.78 is 5.16. The Balaban J connectivity index is 2.91. The molecule has 1 rings (SSSR count). The average Bonchev–Trinajstić information content (AvgIpc) is 2.34. The highest BCUT2D eigenvalue weighted by Gasteiger charge is 2.04. The van der Waals surface area contributed by atoms with E-state index in [0.29, 0.717) is 6.04 Å². The number of aliphatic imine (C=N–C) groups is 1. The maximum atomic E-state index is 5.16. The van der Waals surface area contributed by atoms with Gasteiger partial charge in [-0.25, -0.2) is 0 Å². The van der Waals surface area contributed by atoms with Crippen molar-refractivity contribution in [3.05, 3.63) is 42.5 Å². The molecule has 0 radical (unpaired) electrons. The van der Waals surface area contributed by atoms with Gasteiger partial charge in [-0.15, -0.1) is 6.58 Å². The second-order valence-corrected chi connectivity index (χ2v) is 4.23. The van der Waals surface area contributed by atoms with Crippen LogP contribution < -0.4 is 4.74 Å². The van der Waals surface area contributed by atoms with Crippen LogP contribution in [0.1, 0.15) is 32.3 Å². The first-order chi connectivity index (χ1) is 8.17. The average molecular weight is 231 g/mol. The molecule has 0 aliphatic carbocycles. The van der Waals surface area contributed by atoms with Crippen LogP contribution in [0.15, 0.2) is 41.9 Å². The summed E-state index contributed by atoms with van der Waals surface area (Å²) >= 11 is 0. The molecule has 0 heterocycles. The summed E-state index contributed by atoms with van der Waals surface area (Å²) in [4.78, 5) is 4.67. The normalized spacial score (nSPS) is 11.6. The molecule has 1 aromatic rings. The number of hydrogen-bond donors (Lipinski definition) is 0. The SMILES string of the molecule is C=CCCC(=NC(C)C)c1ccc(OC)cc1. The number of allylic oxidation sites excluding steroid dienone is 1. The zero-order chi connectivity index (χ0) is 12.7. The standard InChI is InChI=1S/C15H21NO/c1-5-6-7-15(16-12(2)3)13-8-10-14(17-4)11-9-13/h5,8-12H,1,6-7H2,2-4H3. The van der Waals surface area contributed by atoms with Gasteiger partial charge in [0.05, 0.1) is 7.11 Å². The molecule has 0 amide bonds. The Morgan fingerprint density at radius 3 is 2.47 bits per heavy atom. The summed E-state index contributed by atoms with van der Waals surface area (Å²) in [5.74, 6) is 0.876. The van der Waals surface area contributed by atoms with Crippen LogP contribution in [0, 0.1) is 0 Å². The number of nitrogens with zero attached hydrogens (tertiary/aromatic N) is 1. The third-order valence-electron chi connectivity index (χ3n) is 2.42. The highest BCUT2D eigenvalue weighted by Crippen LogP contribution is 2.15. The van der Waals surface area contributed by atoms with E-state index >= 15 is 0 Å². The van der Waals surface area contributed by atoms with Crippen LogP contribution in [0.25, 0.3) is 0 Å². The van der Waals surface area contributed by atoms with Crippen LogP contribution >= 0.6 is 0 Å². The van der Waals surface area contributed by atoms with Crippen molar-refractivity contribution in [1.29, 1.82) is 0 Å². The van der Waals surface area contributed by atoms with Crippen LogP contribution in [0.2, 0.25) is 0 Å². The van der Waals surface area contributed by atoms with E-state index in [0.717, 1.165) is 24.3 Å². The van der Waals surface area contributed by atoms with Gasteiger partial charge in [0.2, 0.25) is 0 Å². The first kappa shape index (κ1) is 13.5. The number of hydrogen-bond acceptors (Lipinski definition) is 2. The summed E-state index contributed by atoms with van der Waals surface area (Å²) in [5.41, 5.74) is 2.31. The van der Waals surface area contributed by atoms with Gasteiger partial charge in [0, 0.05) is 11.8 Å². The first-order valence-electron chi connectivity index (χ1n) is 5.99. The van der Waals surface area contributed by atoms with E-state index < -0.39 is 0 Å². The van der Waals surface area contributed by atoms with E-state index in [4.69, 9.17) is 4.74 Å². The van der Waals surface area contributed by atoms with Gasteiger partial charge < -0.3 is 4.74 Å². The Bertz CT molecular complexity index is 376. The Morgan fingerprint density at radius 1 is 1.35 bits per heavy atom. The topological polar surface area (TPSA) is 21.6 Å². The molecule has 92 valence electrons. The molecule has 0 unspecified atom stereocenters. The van der Waals surface area contributed by atoms with E-state index in [1.54, 1.807) is 7.11 Å². The Hall–Kier alpha value is -1.57. The van der Waals surface area contributed by atoms with Crippen molar-refractivity contribution in [1.82, 2.24) is 0 Å². The molecular formula is C15H21NO. The molecule has 0 aliphatic rings. The third kappa shape index (κ3) is 4.43. The van der Waals surface area contributed by atoms with Gasteiger partial charge in [0.15, 0.2) is 0 Å². The third-order valence-corrected chi connectivity index (χ3v) is 2.42. The molecule has 0 N–H and O–H groups in total. The summed E-state index contributed by atoms with van der Waals surface area (Å²) in [6.07, 6.45) is 3.82. The van der Waals surface area contributed by atoms with Crippen molar-refractivity contribution in [2.24, 2.45) is 4.99 Å². The summed E-state index contributed by atoms with van der Waals surface area (Å²) in [6.45, 7) is 7.95. The molecule has 17 heavy (non-hydrogen) atoms. The number of benzene rings is 1. The molecule has 2 nitrogen and oxygen atoms in total. The van der Waals surface area contributed by atoms with Crippen molar-refractivity contribution >= 4 is 5.71 Å². The molecule has 2 heteroatoms. The Kier molecular flexibility index (Phi) is 5.47. The second-order valence-electron chi connectivity index (χ2n) is 4.23. The number of ether oxygens (including phenoxy) is 1. The molecule has 0 aromatic heterocycles. The zero-order valence-corrected chi connectivity index (χ0v) is 10.9. The lowest BCUT2D eigenvalue weighted by atomic mass is 10.0. The maximum Gasteiger partial charge on any atom is 0.118 e. The van der Waals surface area contributed by atoms with Gasteiger partial charge in [0.25, 0.3) is 0 Å². The van der Waals surface area contributed by atoms with E-state index in [-0.39, 0.29) is 0 Å². The van der Waals surface area contributed by atoms with Gasteiger partial charge in [0.1, 0.15) is 5.75 Å². The minimum absolute atomic E-state index is 0.317. The fourth-order valence-corrected chi connectivity index (χ4v) is 1.62.